The van der Waals surface area contributed by atoms with E-state index in [1.807, 2.05) is 0 Å². The molecular formula is C11H15F2NO3S. The molecule has 1 atom stereocenters. The van der Waals surface area contributed by atoms with Crippen LogP contribution in [0.15, 0.2) is 23.1 Å². The Kier molecular flexibility index (Phi) is 5.18. The monoisotopic (exact) mass is 279 g/mol. The Morgan fingerprint density at radius 3 is 2.33 bits per heavy atom. The molecule has 102 valence electrons. The summed E-state index contributed by atoms with van der Waals surface area (Å²) in [5, 5.41) is 9.00. The van der Waals surface area contributed by atoms with Gasteiger partial charge in [0, 0.05) is 12.6 Å². The smallest absolute Gasteiger partial charge is 0.240 e. The highest BCUT2D eigenvalue weighted by molar-refractivity contribution is 7.89. The quantitative estimate of drug-likeness (QED) is 0.774. The van der Waals surface area contributed by atoms with Crippen molar-refractivity contribution in [1.29, 1.82) is 0 Å². The molecule has 0 spiro atoms. The summed E-state index contributed by atoms with van der Waals surface area (Å²) in [6.07, 6.45) is 0.371. The van der Waals surface area contributed by atoms with E-state index in [0.29, 0.717) is 18.9 Å². The molecule has 18 heavy (non-hydrogen) atoms. The fourth-order valence-electron chi connectivity index (χ4n) is 1.37. The second-order valence-corrected chi connectivity index (χ2v) is 5.76. The second kappa shape index (κ2) is 6.21. The first kappa shape index (κ1) is 15.0. The molecule has 1 aromatic rings. The van der Waals surface area contributed by atoms with Crippen LogP contribution in [0.1, 0.15) is 19.8 Å². The summed E-state index contributed by atoms with van der Waals surface area (Å²) >= 11 is 0. The molecule has 0 saturated carbocycles. The van der Waals surface area contributed by atoms with Gasteiger partial charge in [0.05, 0.1) is 11.0 Å². The molecule has 0 aliphatic carbocycles. The maximum atomic E-state index is 12.9. The van der Waals surface area contributed by atoms with Crippen molar-refractivity contribution in [3.8, 4) is 0 Å². The first-order chi connectivity index (χ1) is 8.31. The zero-order chi connectivity index (χ0) is 13.8. The van der Waals surface area contributed by atoms with Crippen LogP contribution in [0.4, 0.5) is 8.78 Å². The number of aliphatic hydroxyl groups is 1. The van der Waals surface area contributed by atoms with E-state index in [1.54, 1.807) is 6.92 Å². The normalized spacial score (nSPS) is 13.6. The lowest BCUT2D eigenvalue weighted by Gasteiger charge is -2.08. The average molecular weight is 279 g/mol. The van der Waals surface area contributed by atoms with Crippen LogP contribution < -0.4 is 4.72 Å². The molecule has 0 amide bonds. The number of halogens is 2. The molecule has 0 saturated heterocycles. The van der Waals surface area contributed by atoms with E-state index in [1.165, 1.54) is 0 Å². The molecule has 4 nitrogen and oxygen atoms in total. The number of hydrogen-bond donors (Lipinski definition) is 2. The third kappa shape index (κ3) is 4.67. The van der Waals surface area contributed by atoms with Gasteiger partial charge in [-0.05, 0) is 31.9 Å². The molecule has 7 heteroatoms. The van der Waals surface area contributed by atoms with Gasteiger partial charge in [-0.25, -0.2) is 21.9 Å². The van der Waals surface area contributed by atoms with E-state index in [9.17, 15) is 17.2 Å². The summed E-state index contributed by atoms with van der Waals surface area (Å²) in [6, 6.07) is 2.10. The van der Waals surface area contributed by atoms with Crippen molar-refractivity contribution in [2.24, 2.45) is 0 Å². The molecule has 0 aromatic heterocycles. The fraction of sp³-hybridized carbons (Fsp3) is 0.455. The first-order valence-corrected chi connectivity index (χ1v) is 6.93. The topological polar surface area (TPSA) is 66.4 Å². The van der Waals surface area contributed by atoms with Crippen molar-refractivity contribution in [3.63, 3.8) is 0 Å². The van der Waals surface area contributed by atoms with Gasteiger partial charge < -0.3 is 5.11 Å². The maximum absolute atomic E-state index is 12.9. The van der Waals surface area contributed by atoms with Gasteiger partial charge in [0.1, 0.15) is 11.6 Å². The number of sulfonamides is 1. The molecule has 0 fully saturated rings. The van der Waals surface area contributed by atoms with E-state index in [4.69, 9.17) is 5.11 Å². The molecule has 0 aliphatic heterocycles. The van der Waals surface area contributed by atoms with Gasteiger partial charge in [0.15, 0.2) is 0 Å². The van der Waals surface area contributed by atoms with Crippen molar-refractivity contribution >= 4 is 10.0 Å². The van der Waals surface area contributed by atoms with Gasteiger partial charge in [-0.3, -0.25) is 0 Å². The summed E-state index contributed by atoms with van der Waals surface area (Å²) in [7, 11) is -3.91. The largest absolute Gasteiger partial charge is 0.393 e. The molecule has 0 heterocycles. The third-order valence-corrected chi connectivity index (χ3v) is 3.68. The lowest BCUT2D eigenvalue weighted by atomic mass is 10.2. The summed E-state index contributed by atoms with van der Waals surface area (Å²) < 4.78 is 51.3. The Morgan fingerprint density at radius 1 is 1.28 bits per heavy atom. The number of rotatable bonds is 6. The van der Waals surface area contributed by atoms with Gasteiger partial charge in [0.25, 0.3) is 0 Å². The number of nitrogens with one attached hydrogen (secondary N) is 1. The lowest BCUT2D eigenvalue weighted by molar-refractivity contribution is 0.182. The molecule has 0 aliphatic rings. The van der Waals surface area contributed by atoms with Gasteiger partial charge >= 0.3 is 0 Å². The van der Waals surface area contributed by atoms with Crippen LogP contribution in [-0.4, -0.2) is 26.2 Å². The van der Waals surface area contributed by atoms with Crippen molar-refractivity contribution in [3.05, 3.63) is 29.8 Å². The highest BCUT2D eigenvalue weighted by Gasteiger charge is 2.15. The Hall–Kier alpha value is -1.05. The van der Waals surface area contributed by atoms with E-state index >= 15 is 0 Å². The Bertz CT molecular complexity index is 483. The second-order valence-electron chi connectivity index (χ2n) is 3.99. The van der Waals surface area contributed by atoms with Crippen LogP contribution in [0.25, 0.3) is 0 Å². The zero-order valence-corrected chi connectivity index (χ0v) is 10.7. The SMILES string of the molecule is CC(O)CCCNS(=O)(=O)c1cc(F)cc(F)c1. The fourth-order valence-corrected chi connectivity index (χ4v) is 2.49. The van der Waals surface area contributed by atoms with Gasteiger partial charge in [-0.2, -0.15) is 0 Å². The van der Waals surface area contributed by atoms with Crippen LogP contribution in [0.3, 0.4) is 0 Å². The van der Waals surface area contributed by atoms with E-state index in [-0.39, 0.29) is 6.54 Å². The molecule has 1 aromatic carbocycles. The van der Waals surface area contributed by atoms with E-state index in [2.05, 4.69) is 4.72 Å². The Morgan fingerprint density at radius 2 is 1.83 bits per heavy atom. The Labute approximate surface area is 105 Å². The first-order valence-electron chi connectivity index (χ1n) is 5.45. The minimum Gasteiger partial charge on any atom is -0.393 e. The molecule has 2 N–H and O–H groups in total. The molecular weight excluding hydrogens is 264 g/mol. The van der Waals surface area contributed by atoms with Gasteiger partial charge in [-0.15, -0.1) is 0 Å². The predicted octanol–water partition coefficient (Wildman–Crippen LogP) is 1.40. The maximum Gasteiger partial charge on any atom is 0.240 e. The number of benzene rings is 1. The molecule has 0 radical (unpaired) electrons. The summed E-state index contributed by atoms with van der Waals surface area (Å²) in [5.74, 6) is -1.89. The minimum atomic E-state index is -3.91. The standard InChI is InChI=1S/C11H15F2NO3S/c1-8(15)3-2-4-14-18(16,17)11-6-9(12)5-10(13)7-11/h5-8,14-15H,2-4H2,1H3. The molecule has 1 unspecified atom stereocenters. The zero-order valence-electron chi connectivity index (χ0n) is 9.86. The minimum absolute atomic E-state index is 0.103. The number of hydrogen-bond acceptors (Lipinski definition) is 3. The third-order valence-electron chi connectivity index (χ3n) is 2.24. The van der Waals surface area contributed by atoms with Crippen molar-refractivity contribution in [1.82, 2.24) is 4.72 Å². The van der Waals surface area contributed by atoms with Crippen molar-refractivity contribution in [2.75, 3.05) is 6.54 Å². The van der Waals surface area contributed by atoms with Crippen LogP contribution in [-0.2, 0) is 10.0 Å². The Balaban J connectivity index is 2.68. The highest BCUT2D eigenvalue weighted by Crippen LogP contribution is 2.13. The summed E-state index contributed by atoms with van der Waals surface area (Å²) in [6.45, 7) is 1.70. The van der Waals surface area contributed by atoms with Crippen LogP contribution in [0.2, 0.25) is 0 Å². The van der Waals surface area contributed by atoms with Crippen LogP contribution >= 0.6 is 0 Å². The lowest BCUT2D eigenvalue weighted by Crippen LogP contribution is -2.25. The van der Waals surface area contributed by atoms with Gasteiger partial charge in [-0.1, -0.05) is 0 Å². The van der Waals surface area contributed by atoms with E-state index in [0.717, 1.165) is 12.1 Å². The summed E-state index contributed by atoms with van der Waals surface area (Å²) in [5.41, 5.74) is 0. The van der Waals surface area contributed by atoms with Crippen LogP contribution in [0, 0.1) is 11.6 Å². The van der Waals surface area contributed by atoms with E-state index < -0.39 is 32.7 Å². The molecule has 1 rings (SSSR count). The summed E-state index contributed by atoms with van der Waals surface area (Å²) in [4.78, 5) is -0.447. The average Bonchev–Trinajstić information content (AvgIpc) is 2.23. The predicted molar refractivity (Wildman–Crippen MR) is 62.5 cm³/mol. The van der Waals surface area contributed by atoms with Crippen LogP contribution in [0.5, 0.6) is 0 Å². The number of aliphatic hydroxyl groups excluding tert-OH is 1. The van der Waals surface area contributed by atoms with Crippen molar-refractivity contribution < 1.29 is 22.3 Å². The van der Waals surface area contributed by atoms with Gasteiger partial charge in [0.2, 0.25) is 10.0 Å². The highest BCUT2D eigenvalue weighted by atomic mass is 32.2. The van der Waals surface area contributed by atoms with Crippen molar-refractivity contribution in [2.45, 2.75) is 30.8 Å². The molecule has 0 bridgehead atoms.